The molecule has 0 saturated carbocycles. The fraction of sp³-hybridized carbons (Fsp3) is 0.750. The Bertz CT molecular complexity index is 1060. The monoisotopic (exact) mass is 620 g/mol. The van der Waals surface area contributed by atoms with E-state index in [0.29, 0.717) is 5.57 Å². The Hall–Kier alpha value is -1.81. The van der Waals surface area contributed by atoms with Crippen LogP contribution < -0.4 is 0 Å². The third-order valence-corrected chi connectivity index (χ3v) is 9.76. The van der Waals surface area contributed by atoms with Gasteiger partial charge in [-0.1, -0.05) is 83.9 Å². The minimum Gasteiger partial charge on any atom is -0.456 e. The molecule has 0 radical (unpaired) electrons. The Morgan fingerprint density at radius 1 is 1.02 bits per heavy atom. The molecular formula is C36H60O8. The molecule has 44 heavy (non-hydrogen) atoms. The molecule has 2 rings (SSSR count). The van der Waals surface area contributed by atoms with Crippen molar-refractivity contribution in [2.75, 3.05) is 14.2 Å². The standard InChI is InChI=1S/C36H60O8/c1-20(2)33-26(8)30(42-12)19-36(40,44-33)28(10)32(38)27(9)34-29(41-11)15-13-14-21(3)16-23(5)31(37)24(6)17-22(4)18-25(7)35(39)43-34/h13-15,17-18,20,23-24,26-34,37-38,40H,16,19H2,1-12H3/b15-13-,21-14-,22-17-,25-18-/t23-,24+,26-,27-,28-,29-,30+,31-,32+,33+,34+,36+/m0/s1. The van der Waals surface area contributed by atoms with Crippen LogP contribution in [0.25, 0.3) is 0 Å². The predicted octanol–water partition coefficient (Wildman–Crippen LogP) is 5.76. The molecule has 8 heteroatoms. The van der Waals surface area contributed by atoms with Crippen LogP contribution in [0, 0.1) is 35.5 Å². The molecule has 0 aromatic carbocycles. The number of rotatable bonds is 7. The van der Waals surface area contributed by atoms with Crippen molar-refractivity contribution in [3.05, 3.63) is 47.1 Å². The summed E-state index contributed by atoms with van der Waals surface area (Å²) in [6.07, 6.45) is 6.59. The summed E-state index contributed by atoms with van der Waals surface area (Å²) in [7, 11) is 3.17. The van der Waals surface area contributed by atoms with Gasteiger partial charge in [-0.2, -0.15) is 0 Å². The first-order chi connectivity index (χ1) is 20.5. The third kappa shape index (κ3) is 9.60. The Morgan fingerprint density at radius 3 is 2.23 bits per heavy atom. The van der Waals surface area contributed by atoms with Gasteiger partial charge in [0.2, 0.25) is 0 Å². The van der Waals surface area contributed by atoms with E-state index in [2.05, 4.69) is 6.92 Å². The second-order valence-corrected chi connectivity index (χ2v) is 13.9. The molecule has 1 fully saturated rings. The van der Waals surface area contributed by atoms with Crippen LogP contribution in [0.5, 0.6) is 0 Å². The van der Waals surface area contributed by atoms with Crippen LogP contribution in [0.3, 0.4) is 0 Å². The van der Waals surface area contributed by atoms with E-state index < -0.39 is 48.0 Å². The second-order valence-electron chi connectivity index (χ2n) is 13.9. The average molecular weight is 621 g/mol. The summed E-state index contributed by atoms with van der Waals surface area (Å²) in [4.78, 5) is 13.4. The largest absolute Gasteiger partial charge is 0.456 e. The Labute approximate surface area is 266 Å². The minimum atomic E-state index is -1.65. The number of carbonyl (C=O) groups excluding carboxylic acids is 1. The molecule has 0 aromatic heterocycles. The number of hydrogen-bond donors (Lipinski definition) is 3. The molecule has 8 nitrogen and oxygen atoms in total. The van der Waals surface area contributed by atoms with Crippen molar-refractivity contribution in [1.29, 1.82) is 0 Å². The second kappa shape index (κ2) is 16.7. The lowest BCUT2D eigenvalue weighted by Gasteiger charge is -2.50. The highest BCUT2D eigenvalue weighted by molar-refractivity contribution is 5.88. The molecule has 0 amide bonds. The van der Waals surface area contributed by atoms with Crippen LogP contribution >= 0.6 is 0 Å². The highest BCUT2D eigenvalue weighted by atomic mass is 16.6. The lowest BCUT2D eigenvalue weighted by Crippen LogP contribution is -2.59. The summed E-state index contributed by atoms with van der Waals surface area (Å²) < 4.78 is 24.0. The maximum Gasteiger partial charge on any atom is 0.334 e. The SMILES string of the molecule is CO[C@H]1/C=C\C=C(\C)C[C@H](C)[C@H](O)[C@H](C)/C=C(C)\C=C(\C)C(=O)O[C@@H]1[C@@H](C)[C@@H](O)[C@H](C)[C@@]1(O)C[C@@H](OC)[C@H](C)[C@@H](C(C)C)O1. The number of ether oxygens (including phenoxy) is 4. The maximum atomic E-state index is 13.4. The molecule has 0 spiro atoms. The zero-order valence-electron chi connectivity index (χ0n) is 29.1. The van der Waals surface area contributed by atoms with Crippen LogP contribution in [0.15, 0.2) is 47.1 Å². The lowest BCUT2D eigenvalue weighted by atomic mass is 9.76. The van der Waals surface area contributed by atoms with Crippen molar-refractivity contribution < 1.29 is 39.1 Å². The summed E-state index contributed by atoms with van der Waals surface area (Å²) in [6.45, 7) is 19.3. The van der Waals surface area contributed by atoms with Crippen molar-refractivity contribution >= 4 is 5.97 Å². The van der Waals surface area contributed by atoms with Gasteiger partial charge in [0, 0.05) is 49.9 Å². The van der Waals surface area contributed by atoms with Crippen LogP contribution in [-0.2, 0) is 23.7 Å². The van der Waals surface area contributed by atoms with E-state index >= 15 is 0 Å². The highest BCUT2D eigenvalue weighted by Gasteiger charge is 2.52. The number of cyclic esters (lactones) is 1. The molecule has 252 valence electrons. The first-order valence-electron chi connectivity index (χ1n) is 16.2. The zero-order chi connectivity index (χ0) is 33.5. The van der Waals surface area contributed by atoms with E-state index in [1.54, 1.807) is 34.0 Å². The van der Waals surface area contributed by atoms with Gasteiger partial charge < -0.3 is 34.3 Å². The molecule has 2 aliphatic rings. The van der Waals surface area contributed by atoms with Gasteiger partial charge in [0.1, 0.15) is 12.2 Å². The van der Waals surface area contributed by atoms with E-state index in [9.17, 15) is 20.1 Å². The molecule has 1 saturated heterocycles. The first kappa shape index (κ1) is 38.4. The quantitative estimate of drug-likeness (QED) is 0.308. The van der Waals surface area contributed by atoms with Crippen LogP contribution in [0.4, 0.5) is 0 Å². The fourth-order valence-corrected chi connectivity index (χ4v) is 6.85. The molecular weight excluding hydrogens is 560 g/mol. The van der Waals surface area contributed by atoms with E-state index in [4.69, 9.17) is 18.9 Å². The van der Waals surface area contributed by atoms with Crippen molar-refractivity contribution in [2.45, 2.75) is 124 Å². The van der Waals surface area contributed by atoms with Gasteiger partial charge in [-0.05, 0) is 45.1 Å². The highest BCUT2D eigenvalue weighted by Crippen LogP contribution is 2.42. The normalized spacial score (nSPS) is 41.3. The van der Waals surface area contributed by atoms with Gasteiger partial charge in [0.25, 0.3) is 0 Å². The van der Waals surface area contributed by atoms with Gasteiger partial charge in [-0.15, -0.1) is 0 Å². The molecule has 0 bridgehead atoms. The Morgan fingerprint density at radius 2 is 1.66 bits per heavy atom. The van der Waals surface area contributed by atoms with Crippen molar-refractivity contribution in [2.24, 2.45) is 35.5 Å². The number of methoxy groups -OCH3 is 2. The van der Waals surface area contributed by atoms with E-state index in [-0.39, 0.29) is 42.3 Å². The summed E-state index contributed by atoms with van der Waals surface area (Å²) in [5.74, 6) is -3.43. The molecule has 12 atom stereocenters. The number of carbonyl (C=O) groups is 1. The van der Waals surface area contributed by atoms with Gasteiger partial charge in [-0.3, -0.25) is 0 Å². The molecule has 0 unspecified atom stereocenters. The summed E-state index contributed by atoms with van der Waals surface area (Å²) in [6, 6.07) is 0. The topological polar surface area (TPSA) is 115 Å². The van der Waals surface area contributed by atoms with E-state index in [1.165, 1.54) is 7.11 Å². The van der Waals surface area contributed by atoms with Gasteiger partial charge in [0.15, 0.2) is 5.79 Å². The molecule has 0 aliphatic carbocycles. The lowest BCUT2D eigenvalue weighted by molar-refractivity contribution is -0.330. The van der Waals surface area contributed by atoms with Crippen LogP contribution in [0.2, 0.25) is 0 Å². The van der Waals surface area contributed by atoms with Crippen molar-refractivity contribution in [3.8, 4) is 0 Å². The van der Waals surface area contributed by atoms with Crippen molar-refractivity contribution in [3.63, 3.8) is 0 Å². The number of aliphatic hydroxyl groups excluding tert-OH is 2. The summed E-state index contributed by atoms with van der Waals surface area (Å²) in [5.41, 5.74) is 2.32. The summed E-state index contributed by atoms with van der Waals surface area (Å²) >= 11 is 0. The molecule has 2 heterocycles. The fourth-order valence-electron chi connectivity index (χ4n) is 6.85. The Balaban J connectivity index is 2.50. The molecule has 0 aromatic rings. The van der Waals surface area contributed by atoms with Gasteiger partial charge in [-0.25, -0.2) is 4.79 Å². The Kier molecular flexibility index (Phi) is 14.5. The van der Waals surface area contributed by atoms with Crippen LogP contribution in [0.1, 0.15) is 82.1 Å². The zero-order valence-corrected chi connectivity index (χ0v) is 29.1. The first-order valence-corrected chi connectivity index (χ1v) is 16.2. The third-order valence-electron chi connectivity index (χ3n) is 9.76. The smallest absolute Gasteiger partial charge is 0.334 e. The van der Waals surface area contributed by atoms with E-state index in [1.807, 2.05) is 65.8 Å². The van der Waals surface area contributed by atoms with E-state index in [0.717, 1.165) is 17.6 Å². The van der Waals surface area contributed by atoms with Crippen LogP contribution in [-0.4, -0.2) is 77.9 Å². The average Bonchev–Trinajstić information content (AvgIpc) is 2.96. The number of allylic oxidation sites excluding steroid dienone is 5. The van der Waals surface area contributed by atoms with Crippen molar-refractivity contribution in [1.82, 2.24) is 0 Å². The minimum absolute atomic E-state index is 0.0353. The number of aliphatic hydroxyl groups is 3. The number of esters is 1. The molecule has 2 aliphatic heterocycles. The van der Waals surface area contributed by atoms with Gasteiger partial charge >= 0.3 is 5.97 Å². The van der Waals surface area contributed by atoms with Gasteiger partial charge in [0.05, 0.1) is 24.4 Å². The predicted molar refractivity (Wildman–Crippen MR) is 174 cm³/mol. The molecule has 3 N–H and O–H groups in total. The maximum absolute atomic E-state index is 13.4. The summed E-state index contributed by atoms with van der Waals surface area (Å²) in [5, 5.41) is 34.5. The number of hydrogen-bond acceptors (Lipinski definition) is 8.